The summed E-state index contributed by atoms with van der Waals surface area (Å²) in [5, 5.41) is 8.05. The SMILES string of the molecule is CC(=O)N1CCC(NC2CC2c2cccc(C(=O)Nc3cnc(-c4ccc(F)cc4)s3)c2)CC1.Cl.Cl. The minimum Gasteiger partial charge on any atom is -0.343 e. The number of amides is 2. The van der Waals surface area contributed by atoms with Gasteiger partial charge in [-0.15, -0.1) is 24.8 Å². The van der Waals surface area contributed by atoms with E-state index in [1.54, 1.807) is 25.3 Å². The molecule has 5 rings (SSSR count). The summed E-state index contributed by atoms with van der Waals surface area (Å²) < 4.78 is 13.2. The molecule has 192 valence electrons. The van der Waals surface area contributed by atoms with Gasteiger partial charge in [0.05, 0.1) is 6.20 Å². The number of anilines is 1. The molecule has 2 unspecified atom stereocenters. The molecule has 2 heterocycles. The zero-order valence-electron chi connectivity index (χ0n) is 19.8. The molecule has 1 aromatic heterocycles. The number of piperidine rings is 1. The largest absolute Gasteiger partial charge is 0.343 e. The second kappa shape index (κ2) is 12.1. The lowest BCUT2D eigenvalue weighted by atomic mass is 10.0. The number of nitrogens with one attached hydrogen (secondary N) is 2. The number of rotatable bonds is 6. The van der Waals surface area contributed by atoms with Gasteiger partial charge in [-0.2, -0.15) is 0 Å². The van der Waals surface area contributed by atoms with Gasteiger partial charge in [0.1, 0.15) is 15.8 Å². The second-order valence-corrected chi connectivity index (χ2v) is 10.0. The van der Waals surface area contributed by atoms with Crippen LogP contribution in [0, 0.1) is 5.82 Å². The van der Waals surface area contributed by atoms with Crippen molar-refractivity contribution in [3.8, 4) is 10.6 Å². The Hall–Kier alpha value is -2.52. The van der Waals surface area contributed by atoms with Crippen LogP contribution in [0.15, 0.2) is 54.7 Å². The van der Waals surface area contributed by atoms with E-state index in [9.17, 15) is 14.0 Å². The number of nitrogens with zero attached hydrogens (tertiary/aromatic N) is 2. The fraction of sp³-hybridized carbons (Fsp3) is 0.346. The van der Waals surface area contributed by atoms with E-state index in [-0.39, 0.29) is 42.4 Å². The summed E-state index contributed by atoms with van der Waals surface area (Å²) >= 11 is 1.36. The molecule has 6 nitrogen and oxygen atoms in total. The maximum atomic E-state index is 13.2. The normalized spacial score (nSPS) is 19.1. The van der Waals surface area contributed by atoms with Gasteiger partial charge in [-0.3, -0.25) is 9.59 Å². The number of carbonyl (C=O) groups excluding carboxylic acids is 2. The van der Waals surface area contributed by atoms with Gasteiger partial charge in [0, 0.05) is 49.1 Å². The lowest BCUT2D eigenvalue weighted by Gasteiger charge is -2.32. The third kappa shape index (κ3) is 6.62. The highest BCUT2D eigenvalue weighted by molar-refractivity contribution is 7.19. The van der Waals surface area contributed by atoms with Gasteiger partial charge in [-0.25, -0.2) is 9.37 Å². The number of likely N-dealkylation sites (tertiary alicyclic amines) is 1. The van der Waals surface area contributed by atoms with Gasteiger partial charge in [0.2, 0.25) is 5.91 Å². The number of aromatic nitrogens is 1. The first-order chi connectivity index (χ1) is 16.5. The number of halogens is 3. The van der Waals surface area contributed by atoms with E-state index >= 15 is 0 Å². The van der Waals surface area contributed by atoms with Crippen LogP contribution in [0.3, 0.4) is 0 Å². The lowest BCUT2D eigenvalue weighted by molar-refractivity contribution is -0.129. The van der Waals surface area contributed by atoms with Crippen molar-refractivity contribution >= 4 is 53.0 Å². The van der Waals surface area contributed by atoms with Gasteiger partial charge >= 0.3 is 0 Å². The monoisotopic (exact) mass is 550 g/mol. The lowest BCUT2D eigenvalue weighted by Crippen LogP contribution is -2.45. The summed E-state index contributed by atoms with van der Waals surface area (Å²) in [5.41, 5.74) is 2.60. The van der Waals surface area contributed by atoms with Crippen LogP contribution in [0.4, 0.5) is 9.39 Å². The van der Waals surface area contributed by atoms with E-state index in [1.165, 1.54) is 29.0 Å². The first-order valence-corrected chi connectivity index (χ1v) is 12.4. The molecule has 1 aliphatic carbocycles. The molecule has 2 N–H and O–H groups in total. The van der Waals surface area contributed by atoms with Crippen molar-refractivity contribution in [3.05, 3.63) is 71.7 Å². The highest BCUT2D eigenvalue weighted by Crippen LogP contribution is 2.42. The summed E-state index contributed by atoms with van der Waals surface area (Å²) in [6.07, 6.45) is 4.66. The molecule has 2 fully saturated rings. The fourth-order valence-electron chi connectivity index (χ4n) is 4.56. The van der Waals surface area contributed by atoms with Crippen molar-refractivity contribution in [2.24, 2.45) is 0 Å². The molecule has 1 saturated carbocycles. The van der Waals surface area contributed by atoms with Gasteiger partial charge in [0.25, 0.3) is 5.91 Å². The second-order valence-electron chi connectivity index (χ2n) is 9.01. The average Bonchev–Trinajstić information content (AvgIpc) is 3.46. The first-order valence-electron chi connectivity index (χ1n) is 11.6. The Balaban J connectivity index is 0.00000180. The van der Waals surface area contributed by atoms with Crippen LogP contribution >= 0.6 is 36.2 Å². The molecule has 2 aromatic carbocycles. The molecule has 2 aliphatic rings. The Kier molecular flexibility index (Phi) is 9.47. The molecular weight excluding hydrogens is 522 g/mol. The van der Waals surface area contributed by atoms with Gasteiger partial charge in [-0.1, -0.05) is 23.5 Å². The maximum Gasteiger partial charge on any atom is 0.256 e. The molecule has 0 spiro atoms. The zero-order valence-corrected chi connectivity index (χ0v) is 22.2. The van der Waals surface area contributed by atoms with Crippen LogP contribution in [-0.4, -0.2) is 46.9 Å². The molecule has 0 radical (unpaired) electrons. The van der Waals surface area contributed by atoms with Crippen molar-refractivity contribution in [1.82, 2.24) is 15.2 Å². The number of thiazole rings is 1. The minimum absolute atomic E-state index is 0. The van der Waals surface area contributed by atoms with E-state index < -0.39 is 0 Å². The third-order valence-corrected chi connectivity index (χ3v) is 7.55. The Morgan fingerprint density at radius 3 is 2.50 bits per heavy atom. The molecule has 0 bridgehead atoms. The Morgan fingerprint density at radius 1 is 1.08 bits per heavy atom. The molecule has 2 amide bonds. The summed E-state index contributed by atoms with van der Waals surface area (Å²) in [5.74, 6) is 0.105. The summed E-state index contributed by atoms with van der Waals surface area (Å²) in [4.78, 5) is 30.6. The Bertz CT molecular complexity index is 1200. The number of benzene rings is 2. The fourth-order valence-corrected chi connectivity index (χ4v) is 5.38. The van der Waals surface area contributed by atoms with Crippen LogP contribution in [0.5, 0.6) is 0 Å². The van der Waals surface area contributed by atoms with E-state index in [4.69, 9.17) is 0 Å². The zero-order chi connectivity index (χ0) is 23.7. The number of carbonyl (C=O) groups is 2. The van der Waals surface area contributed by atoms with Crippen LogP contribution < -0.4 is 10.6 Å². The Morgan fingerprint density at radius 2 is 1.81 bits per heavy atom. The molecule has 1 aliphatic heterocycles. The summed E-state index contributed by atoms with van der Waals surface area (Å²) in [6.45, 7) is 3.27. The number of hydrogen-bond donors (Lipinski definition) is 2. The highest BCUT2D eigenvalue weighted by Gasteiger charge is 2.40. The Labute approximate surface area is 226 Å². The van der Waals surface area contributed by atoms with Crippen molar-refractivity contribution in [2.45, 2.75) is 44.2 Å². The molecule has 2 atom stereocenters. The third-order valence-electron chi connectivity index (χ3n) is 6.59. The van der Waals surface area contributed by atoms with Gasteiger partial charge < -0.3 is 15.5 Å². The van der Waals surface area contributed by atoms with Crippen LogP contribution in [0.2, 0.25) is 0 Å². The quantitative estimate of drug-likeness (QED) is 0.424. The average molecular weight is 552 g/mol. The van der Waals surface area contributed by atoms with Gasteiger partial charge in [0.15, 0.2) is 0 Å². The molecular formula is C26H29Cl2FN4O2S. The van der Waals surface area contributed by atoms with Crippen molar-refractivity contribution in [3.63, 3.8) is 0 Å². The molecule has 36 heavy (non-hydrogen) atoms. The van der Waals surface area contributed by atoms with E-state index in [1.807, 2.05) is 23.1 Å². The minimum atomic E-state index is -0.291. The number of hydrogen-bond acceptors (Lipinski definition) is 5. The van der Waals surface area contributed by atoms with E-state index in [0.29, 0.717) is 28.6 Å². The van der Waals surface area contributed by atoms with E-state index in [2.05, 4.69) is 21.7 Å². The van der Waals surface area contributed by atoms with Gasteiger partial charge in [-0.05, 0) is 61.2 Å². The first kappa shape index (κ1) is 28.1. The topological polar surface area (TPSA) is 74.3 Å². The molecule has 10 heteroatoms. The maximum absolute atomic E-state index is 13.2. The van der Waals surface area contributed by atoms with Crippen molar-refractivity contribution in [2.75, 3.05) is 18.4 Å². The molecule has 1 saturated heterocycles. The molecule has 3 aromatic rings. The van der Waals surface area contributed by atoms with Crippen LogP contribution in [0.25, 0.3) is 10.6 Å². The smallest absolute Gasteiger partial charge is 0.256 e. The summed E-state index contributed by atoms with van der Waals surface area (Å²) in [7, 11) is 0. The summed E-state index contributed by atoms with van der Waals surface area (Å²) in [6, 6.07) is 14.8. The predicted molar refractivity (Wildman–Crippen MR) is 146 cm³/mol. The predicted octanol–water partition coefficient (Wildman–Crippen LogP) is 5.50. The highest BCUT2D eigenvalue weighted by atomic mass is 35.5. The van der Waals surface area contributed by atoms with Crippen LogP contribution in [0.1, 0.15) is 48.0 Å². The standard InChI is InChI=1S/C26H27FN4O2S.2ClH/c1-16(32)31-11-9-21(10-12-31)29-23-14-22(23)18-3-2-4-19(13-18)25(33)30-24-15-28-26(34-24)17-5-7-20(27)8-6-17;;/h2-8,13,15,21-23,29H,9-12,14H2,1H3,(H,30,33);2*1H. The van der Waals surface area contributed by atoms with Crippen molar-refractivity contribution in [1.29, 1.82) is 0 Å². The van der Waals surface area contributed by atoms with E-state index in [0.717, 1.165) is 42.9 Å². The van der Waals surface area contributed by atoms with Crippen LogP contribution in [-0.2, 0) is 4.79 Å². The van der Waals surface area contributed by atoms with Crippen molar-refractivity contribution < 1.29 is 14.0 Å².